The van der Waals surface area contributed by atoms with Gasteiger partial charge >= 0.3 is 0 Å². The van der Waals surface area contributed by atoms with Crippen molar-refractivity contribution in [1.82, 2.24) is 0 Å². The third-order valence-corrected chi connectivity index (χ3v) is 3.17. The minimum absolute atomic E-state index is 0.0210. The molecular weight excluding hydrogens is 174 g/mol. The summed E-state index contributed by atoms with van der Waals surface area (Å²) in [6, 6.07) is 6.13. The van der Waals surface area contributed by atoms with E-state index in [1.165, 1.54) is 24.0 Å². The van der Waals surface area contributed by atoms with Crippen molar-refractivity contribution in [1.29, 1.82) is 0 Å². The molecule has 1 aliphatic carbocycles. The zero-order valence-electron chi connectivity index (χ0n) is 8.53. The molecule has 2 unspecified atom stereocenters. The third-order valence-electron chi connectivity index (χ3n) is 3.17. The van der Waals surface area contributed by atoms with Gasteiger partial charge in [0.2, 0.25) is 0 Å². The Bertz CT molecular complexity index is 335. The van der Waals surface area contributed by atoms with Gasteiger partial charge in [-0.15, -0.1) is 0 Å². The van der Waals surface area contributed by atoms with Gasteiger partial charge in [0, 0.05) is 0 Å². The molecule has 0 spiro atoms. The number of fused-ring (bicyclic) bond motifs is 1. The van der Waals surface area contributed by atoms with Gasteiger partial charge in [0.05, 0.1) is 12.6 Å². The van der Waals surface area contributed by atoms with Crippen LogP contribution in [0.4, 0.5) is 0 Å². The zero-order valence-corrected chi connectivity index (χ0v) is 8.53. The van der Waals surface area contributed by atoms with Crippen molar-refractivity contribution in [2.75, 3.05) is 6.61 Å². The molecular formula is C12H17NO. The monoisotopic (exact) mass is 191 g/mol. The molecule has 76 valence electrons. The number of aliphatic hydroxyl groups excluding tert-OH is 1. The van der Waals surface area contributed by atoms with Crippen LogP contribution < -0.4 is 5.73 Å². The van der Waals surface area contributed by atoms with Crippen molar-refractivity contribution in [2.45, 2.75) is 31.7 Å². The van der Waals surface area contributed by atoms with Gasteiger partial charge in [-0.1, -0.05) is 25.1 Å². The molecule has 0 saturated carbocycles. The lowest BCUT2D eigenvalue weighted by Crippen LogP contribution is -2.14. The molecule has 3 N–H and O–H groups in total. The number of rotatable bonds is 2. The predicted octanol–water partition coefficient (Wildman–Crippen LogP) is 1.73. The van der Waals surface area contributed by atoms with E-state index in [1.54, 1.807) is 0 Å². The van der Waals surface area contributed by atoms with E-state index in [0.29, 0.717) is 5.92 Å². The molecule has 0 bridgehead atoms. The number of hydrogen-bond donors (Lipinski definition) is 2. The number of aliphatic hydroxyl groups is 1. The Morgan fingerprint density at radius 1 is 1.57 bits per heavy atom. The molecule has 0 saturated heterocycles. The van der Waals surface area contributed by atoms with E-state index in [9.17, 15) is 0 Å². The van der Waals surface area contributed by atoms with Crippen LogP contribution in [0.3, 0.4) is 0 Å². The quantitative estimate of drug-likeness (QED) is 0.747. The molecule has 1 aromatic rings. The van der Waals surface area contributed by atoms with Gasteiger partial charge in [-0.3, -0.25) is 0 Å². The summed E-state index contributed by atoms with van der Waals surface area (Å²) < 4.78 is 0. The van der Waals surface area contributed by atoms with Crippen LogP contribution in [-0.4, -0.2) is 11.7 Å². The van der Waals surface area contributed by atoms with E-state index in [4.69, 9.17) is 10.8 Å². The maximum Gasteiger partial charge on any atom is 0.0624 e. The van der Waals surface area contributed by atoms with Gasteiger partial charge in [0.1, 0.15) is 0 Å². The van der Waals surface area contributed by atoms with Crippen LogP contribution in [0.25, 0.3) is 0 Å². The van der Waals surface area contributed by atoms with Crippen LogP contribution in [0.15, 0.2) is 18.2 Å². The Labute approximate surface area is 84.7 Å². The molecule has 0 heterocycles. The van der Waals surface area contributed by atoms with Gasteiger partial charge in [-0.2, -0.15) is 0 Å². The molecule has 1 aliphatic rings. The van der Waals surface area contributed by atoms with Gasteiger partial charge in [0.15, 0.2) is 0 Å². The van der Waals surface area contributed by atoms with E-state index in [-0.39, 0.29) is 12.6 Å². The second kappa shape index (κ2) is 3.71. The van der Waals surface area contributed by atoms with Crippen LogP contribution in [0.5, 0.6) is 0 Å². The second-order valence-electron chi connectivity index (χ2n) is 4.19. The topological polar surface area (TPSA) is 46.2 Å². The second-order valence-corrected chi connectivity index (χ2v) is 4.19. The average Bonchev–Trinajstić information content (AvgIpc) is 2.59. The van der Waals surface area contributed by atoms with Crippen molar-refractivity contribution < 1.29 is 5.11 Å². The van der Waals surface area contributed by atoms with Crippen molar-refractivity contribution in [3.63, 3.8) is 0 Å². The van der Waals surface area contributed by atoms with Crippen LogP contribution in [-0.2, 0) is 6.42 Å². The molecule has 14 heavy (non-hydrogen) atoms. The molecule has 0 amide bonds. The van der Waals surface area contributed by atoms with Gasteiger partial charge in [-0.05, 0) is 35.4 Å². The lowest BCUT2D eigenvalue weighted by molar-refractivity contribution is 0.268. The van der Waals surface area contributed by atoms with E-state index in [1.807, 2.05) is 6.07 Å². The van der Waals surface area contributed by atoms with Gasteiger partial charge in [0.25, 0.3) is 0 Å². The number of aryl methyl sites for hydroxylation is 1. The normalized spacial score (nSPS) is 22.1. The van der Waals surface area contributed by atoms with Crippen molar-refractivity contribution >= 4 is 0 Å². The van der Waals surface area contributed by atoms with Crippen molar-refractivity contribution in [3.8, 4) is 0 Å². The summed E-state index contributed by atoms with van der Waals surface area (Å²) in [4.78, 5) is 0. The molecule has 2 heteroatoms. The highest BCUT2D eigenvalue weighted by Gasteiger charge is 2.19. The van der Waals surface area contributed by atoms with E-state index < -0.39 is 0 Å². The minimum atomic E-state index is -0.229. The largest absolute Gasteiger partial charge is 0.394 e. The Hall–Kier alpha value is -0.860. The molecule has 0 aliphatic heterocycles. The van der Waals surface area contributed by atoms with Crippen molar-refractivity contribution in [2.24, 2.45) is 5.73 Å². The number of benzene rings is 1. The first-order chi connectivity index (χ1) is 6.72. The summed E-state index contributed by atoms with van der Waals surface area (Å²) in [6.45, 7) is 2.27. The fraction of sp³-hybridized carbons (Fsp3) is 0.500. The smallest absolute Gasteiger partial charge is 0.0624 e. The van der Waals surface area contributed by atoms with E-state index >= 15 is 0 Å². The maximum absolute atomic E-state index is 8.98. The van der Waals surface area contributed by atoms with Gasteiger partial charge < -0.3 is 10.8 Å². The molecule has 2 nitrogen and oxygen atoms in total. The Morgan fingerprint density at radius 2 is 2.36 bits per heavy atom. The van der Waals surface area contributed by atoms with Crippen LogP contribution in [0, 0.1) is 0 Å². The van der Waals surface area contributed by atoms with Crippen LogP contribution in [0.2, 0.25) is 0 Å². The molecule has 2 atom stereocenters. The van der Waals surface area contributed by atoms with E-state index in [2.05, 4.69) is 19.1 Å². The first-order valence-corrected chi connectivity index (χ1v) is 5.21. The summed E-state index contributed by atoms with van der Waals surface area (Å²) in [5, 5.41) is 8.98. The van der Waals surface area contributed by atoms with Crippen LogP contribution >= 0.6 is 0 Å². The fourth-order valence-electron chi connectivity index (χ4n) is 2.16. The molecule has 1 aromatic carbocycles. The highest BCUT2D eigenvalue weighted by atomic mass is 16.3. The highest BCUT2D eigenvalue weighted by molar-refractivity contribution is 5.39. The Morgan fingerprint density at radius 3 is 3.07 bits per heavy atom. The molecule has 0 fully saturated rings. The highest BCUT2D eigenvalue weighted by Crippen LogP contribution is 2.33. The first-order valence-electron chi connectivity index (χ1n) is 5.21. The maximum atomic E-state index is 8.98. The van der Waals surface area contributed by atoms with E-state index in [0.717, 1.165) is 5.56 Å². The summed E-state index contributed by atoms with van der Waals surface area (Å²) in [6.07, 6.45) is 2.43. The summed E-state index contributed by atoms with van der Waals surface area (Å²) in [5.74, 6) is 0.649. The SMILES string of the molecule is CC1CCc2ccc(C(N)CO)cc21. The average molecular weight is 191 g/mol. The summed E-state index contributed by atoms with van der Waals surface area (Å²) in [5.41, 5.74) is 9.71. The first kappa shape index (κ1) is 9.69. The molecule has 0 radical (unpaired) electrons. The number of nitrogens with two attached hydrogens (primary N) is 1. The van der Waals surface area contributed by atoms with Crippen molar-refractivity contribution in [3.05, 3.63) is 34.9 Å². The fourth-order valence-corrected chi connectivity index (χ4v) is 2.16. The standard InChI is InChI=1S/C12H17NO/c1-8-2-3-9-4-5-10(6-11(8)9)12(13)7-14/h4-6,8,12,14H,2-3,7,13H2,1H3. The lowest BCUT2D eigenvalue weighted by Gasteiger charge is -2.12. The van der Waals surface area contributed by atoms with Gasteiger partial charge in [-0.25, -0.2) is 0 Å². The summed E-state index contributed by atoms with van der Waals surface area (Å²) in [7, 11) is 0. The third kappa shape index (κ3) is 1.56. The summed E-state index contributed by atoms with van der Waals surface area (Å²) >= 11 is 0. The molecule has 2 rings (SSSR count). The predicted molar refractivity (Wildman–Crippen MR) is 57.2 cm³/mol. The molecule has 0 aromatic heterocycles. The number of hydrogen-bond acceptors (Lipinski definition) is 2. The minimum Gasteiger partial charge on any atom is -0.394 e. The Kier molecular flexibility index (Phi) is 2.57. The Balaban J connectivity index is 2.34. The zero-order chi connectivity index (χ0) is 10.1. The van der Waals surface area contributed by atoms with Crippen LogP contribution in [0.1, 0.15) is 42.0 Å². The lowest BCUT2D eigenvalue weighted by atomic mass is 9.98.